The highest BCUT2D eigenvalue weighted by Crippen LogP contribution is 2.44. The maximum atomic E-state index is 13.2. The second-order valence-corrected chi connectivity index (χ2v) is 8.17. The zero-order chi connectivity index (χ0) is 22.4. The van der Waals surface area contributed by atoms with Crippen molar-refractivity contribution >= 4 is 34.7 Å². The summed E-state index contributed by atoms with van der Waals surface area (Å²) in [6.45, 7) is 2.37. The van der Waals surface area contributed by atoms with Gasteiger partial charge in [-0.15, -0.1) is 0 Å². The number of pyridine rings is 1. The van der Waals surface area contributed by atoms with Crippen LogP contribution in [0, 0.1) is 6.92 Å². The normalized spacial score (nSPS) is 19.2. The van der Waals surface area contributed by atoms with Crippen LogP contribution in [-0.2, 0) is 16.0 Å². The van der Waals surface area contributed by atoms with Crippen LogP contribution in [0.5, 0.6) is 5.75 Å². The number of aliphatic hydroxyl groups is 1. The quantitative estimate of drug-likeness (QED) is 0.361. The van der Waals surface area contributed by atoms with E-state index in [2.05, 4.69) is 4.98 Å². The highest BCUT2D eigenvalue weighted by atomic mass is 35.5. The summed E-state index contributed by atoms with van der Waals surface area (Å²) in [5.74, 6) is -0.947. The summed E-state index contributed by atoms with van der Waals surface area (Å²) >= 11 is 6.31. The SMILES string of the molecule is Cc1c(Cl)cccc1N1C(=O)C(=O)/C(=C(\O)c2ccc3c(c2)CCO3)C1c1cccnc1. The number of halogens is 1. The van der Waals surface area contributed by atoms with Crippen LogP contribution < -0.4 is 9.64 Å². The Morgan fingerprint density at radius 3 is 2.81 bits per heavy atom. The van der Waals surface area contributed by atoms with Gasteiger partial charge in [0.25, 0.3) is 11.7 Å². The Hall–Kier alpha value is -3.64. The number of carbonyl (C=O) groups excluding carboxylic acids is 2. The molecule has 0 aliphatic carbocycles. The molecule has 2 aliphatic heterocycles. The lowest BCUT2D eigenvalue weighted by atomic mass is 9.95. The molecule has 2 aliphatic rings. The third-order valence-corrected chi connectivity index (χ3v) is 6.32. The Labute approximate surface area is 189 Å². The van der Waals surface area contributed by atoms with Crippen molar-refractivity contribution < 1.29 is 19.4 Å². The molecular formula is C25H19ClN2O4. The van der Waals surface area contributed by atoms with Crippen LogP contribution in [0.15, 0.2) is 66.5 Å². The van der Waals surface area contributed by atoms with Crippen molar-refractivity contribution in [1.29, 1.82) is 0 Å². The number of rotatable bonds is 3. The Morgan fingerprint density at radius 2 is 2.03 bits per heavy atom. The highest BCUT2D eigenvalue weighted by molar-refractivity contribution is 6.52. The highest BCUT2D eigenvalue weighted by Gasteiger charge is 2.47. The first-order chi connectivity index (χ1) is 15.5. The van der Waals surface area contributed by atoms with Gasteiger partial charge in [0.15, 0.2) is 0 Å². The van der Waals surface area contributed by atoms with E-state index in [-0.39, 0.29) is 11.3 Å². The summed E-state index contributed by atoms with van der Waals surface area (Å²) in [5.41, 5.74) is 3.21. The molecule has 0 spiro atoms. The number of ether oxygens (including phenoxy) is 1. The van der Waals surface area contributed by atoms with Crippen molar-refractivity contribution in [3.8, 4) is 5.75 Å². The molecule has 160 valence electrons. The zero-order valence-corrected chi connectivity index (χ0v) is 18.0. The van der Waals surface area contributed by atoms with Crippen molar-refractivity contribution in [3.63, 3.8) is 0 Å². The number of Topliss-reactive ketones (excluding diaryl/α,β-unsaturated/α-hetero) is 1. The second kappa shape index (κ2) is 7.80. The molecule has 1 aromatic heterocycles. The average Bonchev–Trinajstić information content (AvgIpc) is 3.38. The molecule has 6 nitrogen and oxygen atoms in total. The zero-order valence-electron chi connectivity index (χ0n) is 17.2. The number of aromatic nitrogens is 1. The van der Waals surface area contributed by atoms with E-state index >= 15 is 0 Å². The number of fused-ring (bicyclic) bond motifs is 1. The fourth-order valence-electron chi connectivity index (χ4n) is 4.28. The average molecular weight is 447 g/mol. The number of carbonyl (C=O) groups is 2. The van der Waals surface area contributed by atoms with Gasteiger partial charge in [0.1, 0.15) is 11.5 Å². The first-order valence-corrected chi connectivity index (χ1v) is 10.6. The number of ketones is 1. The van der Waals surface area contributed by atoms with Crippen molar-refractivity contribution in [3.05, 3.63) is 93.8 Å². The molecule has 2 aromatic carbocycles. The Morgan fingerprint density at radius 1 is 1.19 bits per heavy atom. The lowest BCUT2D eigenvalue weighted by Crippen LogP contribution is -2.30. The smallest absolute Gasteiger partial charge is 0.300 e. The predicted octanol–water partition coefficient (Wildman–Crippen LogP) is 4.60. The number of anilines is 1. The van der Waals surface area contributed by atoms with Gasteiger partial charge in [-0.3, -0.25) is 19.5 Å². The molecule has 1 fully saturated rings. The minimum Gasteiger partial charge on any atom is -0.507 e. The van der Waals surface area contributed by atoms with Gasteiger partial charge in [-0.1, -0.05) is 23.7 Å². The maximum Gasteiger partial charge on any atom is 0.300 e. The fraction of sp³-hybridized carbons (Fsp3) is 0.160. The van der Waals surface area contributed by atoms with E-state index in [0.717, 1.165) is 17.7 Å². The molecule has 0 saturated carbocycles. The molecule has 1 N–H and O–H groups in total. The van der Waals surface area contributed by atoms with Gasteiger partial charge in [-0.25, -0.2) is 0 Å². The van der Waals surface area contributed by atoms with Crippen LogP contribution in [0.25, 0.3) is 5.76 Å². The van der Waals surface area contributed by atoms with Crippen LogP contribution in [0.1, 0.15) is 28.3 Å². The van der Waals surface area contributed by atoms with Crippen molar-refractivity contribution in [2.45, 2.75) is 19.4 Å². The van der Waals surface area contributed by atoms with Gasteiger partial charge in [-0.2, -0.15) is 0 Å². The lowest BCUT2D eigenvalue weighted by Gasteiger charge is -2.26. The van der Waals surface area contributed by atoms with Crippen LogP contribution in [0.2, 0.25) is 5.02 Å². The van der Waals surface area contributed by atoms with E-state index in [4.69, 9.17) is 16.3 Å². The van der Waals surface area contributed by atoms with E-state index in [0.29, 0.717) is 34.0 Å². The van der Waals surface area contributed by atoms with Gasteiger partial charge in [-0.05, 0) is 60.0 Å². The van der Waals surface area contributed by atoms with Crippen LogP contribution >= 0.6 is 11.6 Å². The summed E-state index contributed by atoms with van der Waals surface area (Å²) in [4.78, 5) is 32.0. The lowest BCUT2D eigenvalue weighted by molar-refractivity contribution is -0.132. The van der Waals surface area contributed by atoms with E-state index < -0.39 is 17.7 Å². The molecule has 3 aromatic rings. The second-order valence-electron chi connectivity index (χ2n) is 7.76. The molecule has 1 amide bonds. The van der Waals surface area contributed by atoms with Crippen molar-refractivity contribution in [1.82, 2.24) is 4.98 Å². The van der Waals surface area contributed by atoms with Crippen molar-refractivity contribution in [2.75, 3.05) is 11.5 Å². The van der Waals surface area contributed by atoms with Crippen LogP contribution in [-0.4, -0.2) is 28.4 Å². The molecule has 3 heterocycles. The molecule has 0 radical (unpaired) electrons. The number of hydrogen-bond donors (Lipinski definition) is 1. The number of benzene rings is 2. The number of hydrogen-bond acceptors (Lipinski definition) is 5. The molecule has 32 heavy (non-hydrogen) atoms. The summed E-state index contributed by atoms with van der Waals surface area (Å²) in [5, 5.41) is 11.7. The molecular weight excluding hydrogens is 428 g/mol. The predicted molar refractivity (Wildman–Crippen MR) is 121 cm³/mol. The Bertz CT molecular complexity index is 1290. The van der Waals surface area contributed by atoms with Crippen molar-refractivity contribution in [2.24, 2.45) is 0 Å². The van der Waals surface area contributed by atoms with Gasteiger partial charge < -0.3 is 9.84 Å². The summed E-state index contributed by atoms with van der Waals surface area (Å²) in [7, 11) is 0. The monoisotopic (exact) mass is 446 g/mol. The third-order valence-electron chi connectivity index (χ3n) is 5.91. The van der Waals surface area contributed by atoms with Crippen LogP contribution in [0.4, 0.5) is 5.69 Å². The Balaban J connectivity index is 1.73. The standard InChI is InChI=1S/C25H19ClN2O4/c1-14-18(26)5-2-6-19(14)28-22(17-4-3-10-27-13-17)21(24(30)25(28)31)23(29)16-7-8-20-15(12-16)9-11-32-20/h2-8,10,12-13,22,29H,9,11H2,1H3/b23-21-. The molecule has 1 unspecified atom stereocenters. The molecule has 1 atom stereocenters. The van der Waals surface area contributed by atoms with Gasteiger partial charge in [0.2, 0.25) is 0 Å². The summed E-state index contributed by atoms with van der Waals surface area (Å²) < 4.78 is 5.54. The molecule has 7 heteroatoms. The minimum absolute atomic E-state index is 0.0150. The molecule has 1 saturated heterocycles. The topological polar surface area (TPSA) is 79.7 Å². The number of aliphatic hydroxyl groups excluding tert-OH is 1. The molecule has 5 rings (SSSR count). The van der Waals surface area contributed by atoms with Gasteiger partial charge >= 0.3 is 0 Å². The first-order valence-electron chi connectivity index (χ1n) is 10.2. The largest absolute Gasteiger partial charge is 0.507 e. The number of nitrogens with zero attached hydrogens (tertiary/aromatic N) is 2. The van der Waals surface area contributed by atoms with Crippen LogP contribution in [0.3, 0.4) is 0 Å². The Kier molecular flexibility index (Phi) is 4.94. The van der Waals surface area contributed by atoms with Gasteiger partial charge in [0, 0.05) is 35.1 Å². The minimum atomic E-state index is -0.842. The van der Waals surface area contributed by atoms with E-state index in [1.807, 2.05) is 0 Å². The number of amides is 1. The molecule has 0 bridgehead atoms. The summed E-state index contributed by atoms with van der Waals surface area (Å²) in [6.07, 6.45) is 3.92. The van der Waals surface area contributed by atoms with E-state index in [9.17, 15) is 14.7 Å². The van der Waals surface area contributed by atoms with E-state index in [1.165, 1.54) is 4.90 Å². The fourth-order valence-corrected chi connectivity index (χ4v) is 4.45. The first kappa shape index (κ1) is 20.3. The maximum absolute atomic E-state index is 13.2. The van der Waals surface area contributed by atoms with E-state index in [1.54, 1.807) is 67.8 Å². The third kappa shape index (κ3) is 3.15. The van der Waals surface area contributed by atoms with Gasteiger partial charge in [0.05, 0.1) is 18.2 Å². The summed E-state index contributed by atoms with van der Waals surface area (Å²) in [6, 6.07) is 13.1.